The van der Waals surface area contributed by atoms with Crippen molar-refractivity contribution in [1.29, 1.82) is 0 Å². The van der Waals surface area contributed by atoms with Gasteiger partial charge in [-0.15, -0.1) is 0 Å². The molecule has 1 fully saturated rings. The van der Waals surface area contributed by atoms with Gasteiger partial charge in [0.15, 0.2) is 0 Å². The van der Waals surface area contributed by atoms with Gasteiger partial charge in [-0.1, -0.05) is 6.07 Å². The van der Waals surface area contributed by atoms with Crippen LogP contribution in [0.4, 0.5) is 0 Å². The molecule has 0 radical (unpaired) electrons. The number of piperidine rings is 1. The van der Waals surface area contributed by atoms with E-state index in [1.807, 2.05) is 29.2 Å². The maximum atomic E-state index is 12.3. The first-order valence-electron chi connectivity index (χ1n) is 12.6. The van der Waals surface area contributed by atoms with E-state index in [0.29, 0.717) is 18.7 Å². The lowest BCUT2D eigenvalue weighted by atomic mass is 9.97. The first kappa shape index (κ1) is 26.6. The number of carboxylic acid groups (broad SMARTS) is 1. The van der Waals surface area contributed by atoms with E-state index in [9.17, 15) is 24.6 Å². The number of likely N-dealkylation sites (tertiary alicyclic amines) is 1. The molecule has 1 saturated heterocycles. The highest BCUT2D eigenvalue weighted by atomic mass is 16.4. The Hall–Kier alpha value is -3.50. The summed E-state index contributed by atoms with van der Waals surface area (Å²) in [5.41, 5.74) is 3.93. The third-order valence-electron chi connectivity index (χ3n) is 7.11. The molecule has 1 aliphatic heterocycles. The summed E-state index contributed by atoms with van der Waals surface area (Å²) in [6.45, 7) is 7.20. The summed E-state index contributed by atoms with van der Waals surface area (Å²) in [4.78, 5) is 42.6. The SMILES string of the molecule is CC(=O)N1CCC[C@@H](Cn2c(-c3cc(C)c(=O)n(C)c3)nc3ccc(CNC(C(=O)O)C(C)O)cc32)C1. The van der Waals surface area contributed by atoms with Crippen LogP contribution in [-0.4, -0.2) is 66.3 Å². The highest BCUT2D eigenvalue weighted by Gasteiger charge is 2.25. The highest BCUT2D eigenvalue weighted by Crippen LogP contribution is 2.29. The number of imidazole rings is 1. The molecule has 198 valence electrons. The number of amides is 1. The summed E-state index contributed by atoms with van der Waals surface area (Å²) in [6, 6.07) is 6.55. The zero-order valence-corrected chi connectivity index (χ0v) is 21.8. The van der Waals surface area contributed by atoms with Crippen LogP contribution in [0.2, 0.25) is 0 Å². The predicted octanol–water partition coefficient (Wildman–Crippen LogP) is 1.89. The minimum atomic E-state index is -1.11. The molecule has 37 heavy (non-hydrogen) atoms. The molecule has 1 aliphatic rings. The van der Waals surface area contributed by atoms with Crippen molar-refractivity contribution in [3.05, 3.63) is 51.9 Å². The molecule has 3 atom stereocenters. The zero-order chi connectivity index (χ0) is 26.9. The molecule has 3 aromatic rings. The Bertz CT molecular complexity index is 1350. The number of carboxylic acids is 1. The Morgan fingerprint density at radius 2 is 2.03 bits per heavy atom. The summed E-state index contributed by atoms with van der Waals surface area (Å²) >= 11 is 0. The van der Waals surface area contributed by atoms with Crippen molar-refractivity contribution in [1.82, 2.24) is 24.3 Å². The summed E-state index contributed by atoms with van der Waals surface area (Å²) in [6.07, 6.45) is 2.68. The number of carbonyl (C=O) groups is 2. The first-order valence-corrected chi connectivity index (χ1v) is 12.6. The molecule has 10 heteroatoms. The summed E-state index contributed by atoms with van der Waals surface area (Å²) in [5, 5.41) is 22.1. The number of benzene rings is 1. The molecule has 0 aliphatic carbocycles. The van der Waals surface area contributed by atoms with Gasteiger partial charge in [-0.2, -0.15) is 0 Å². The predicted molar refractivity (Wildman–Crippen MR) is 140 cm³/mol. The molecule has 1 aromatic carbocycles. The van der Waals surface area contributed by atoms with Gasteiger partial charge in [0.05, 0.1) is 17.1 Å². The maximum absolute atomic E-state index is 12.3. The number of hydrogen-bond acceptors (Lipinski definition) is 6. The Morgan fingerprint density at radius 1 is 1.27 bits per heavy atom. The van der Waals surface area contributed by atoms with Crippen LogP contribution in [0.25, 0.3) is 22.4 Å². The van der Waals surface area contributed by atoms with E-state index in [1.54, 1.807) is 31.7 Å². The van der Waals surface area contributed by atoms with Gasteiger partial charge < -0.3 is 24.2 Å². The van der Waals surface area contributed by atoms with Crippen LogP contribution >= 0.6 is 0 Å². The topological polar surface area (TPSA) is 130 Å². The van der Waals surface area contributed by atoms with E-state index >= 15 is 0 Å². The molecule has 0 bridgehead atoms. The fraction of sp³-hybridized carbons (Fsp3) is 0.481. The van der Waals surface area contributed by atoms with E-state index in [-0.39, 0.29) is 23.9 Å². The molecule has 3 N–H and O–H groups in total. The lowest BCUT2D eigenvalue weighted by molar-refractivity contribution is -0.142. The van der Waals surface area contributed by atoms with Gasteiger partial charge >= 0.3 is 5.97 Å². The van der Waals surface area contributed by atoms with Crippen molar-refractivity contribution < 1.29 is 19.8 Å². The van der Waals surface area contributed by atoms with Gasteiger partial charge in [0.2, 0.25) is 5.91 Å². The lowest BCUT2D eigenvalue weighted by Gasteiger charge is -2.32. The van der Waals surface area contributed by atoms with Crippen LogP contribution < -0.4 is 10.9 Å². The molecule has 4 rings (SSSR count). The smallest absolute Gasteiger partial charge is 0.323 e. The monoisotopic (exact) mass is 509 g/mol. The van der Waals surface area contributed by atoms with Crippen LogP contribution in [0.5, 0.6) is 0 Å². The molecule has 10 nitrogen and oxygen atoms in total. The lowest BCUT2D eigenvalue weighted by Crippen LogP contribution is -2.44. The van der Waals surface area contributed by atoms with E-state index < -0.39 is 18.1 Å². The minimum Gasteiger partial charge on any atom is -0.480 e. The first-order chi connectivity index (χ1) is 17.5. The fourth-order valence-electron chi connectivity index (χ4n) is 5.13. The molecule has 2 unspecified atom stereocenters. The summed E-state index contributed by atoms with van der Waals surface area (Å²) < 4.78 is 3.71. The van der Waals surface area contributed by atoms with Crippen molar-refractivity contribution in [3.63, 3.8) is 0 Å². The van der Waals surface area contributed by atoms with Crippen LogP contribution in [0, 0.1) is 12.8 Å². The maximum Gasteiger partial charge on any atom is 0.323 e. The van der Waals surface area contributed by atoms with Gasteiger partial charge in [-0.05, 0) is 56.4 Å². The van der Waals surface area contributed by atoms with Gasteiger partial charge in [0, 0.05) is 57.5 Å². The van der Waals surface area contributed by atoms with Gasteiger partial charge in [-0.25, -0.2) is 4.98 Å². The number of nitrogens with zero attached hydrogens (tertiary/aromatic N) is 4. The number of rotatable bonds is 8. The average molecular weight is 510 g/mol. The van der Waals surface area contributed by atoms with Crippen LogP contribution in [0.1, 0.15) is 37.8 Å². The van der Waals surface area contributed by atoms with Crippen molar-refractivity contribution in [3.8, 4) is 11.4 Å². The molecule has 2 aromatic heterocycles. The fourth-order valence-corrected chi connectivity index (χ4v) is 5.13. The number of aliphatic hydroxyl groups excluding tert-OH is 1. The number of fused-ring (bicyclic) bond motifs is 1. The molecular formula is C27H35N5O5. The second-order valence-electron chi connectivity index (χ2n) is 10.1. The van der Waals surface area contributed by atoms with E-state index in [1.165, 1.54) is 6.92 Å². The van der Waals surface area contributed by atoms with E-state index in [0.717, 1.165) is 47.4 Å². The number of aliphatic carboxylic acids is 1. The number of carbonyl (C=O) groups excluding carboxylic acids is 1. The summed E-state index contributed by atoms with van der Waals surface area (Å²) in [7, 11) is 1.72. The molecule has 3 heterocycles. The molecule has 1 amide bonds. The molecule has 0 spiro atoms. The Labute approximate surface area is 215 Å². The highest BCUT2D eigenvalue weighted by molar-refractivity contribution is 5.81. The van der Waals surface area contributed by atoms with Gasteiger partial charge in [0.1, 0.15) is 11.9 Å². The molecule has 0 saturated carbocycles. The Balaban J connectivity index is 1.75. The van der Waals surface area contributed by atoms with Crippen LogP contribution in [-0.2, 0) is 29.7 Å². The Morgan fingerprint density at radius 3 is 2.68 bits per heavy atom. The van der Waals surface area contributed by atoms with E-state index in [4.69, 9.17) is 4.98 Å². The second-order valence-corrected chi connectivity index (χ2v) is 10.1. The quantitative estimate of drug-likeness (QED) is 0.423. The van der Waals surface area contributed by atoms with Crippen LogP contribution in [0.3, 0.4) is 0 Å². The minimum absolute atomic E-state index is 0.0600. The number of pyridine rings is 1. The average Bonchev–Trinajstić information content (AvgIpc) is 3.19. The number of hydrogen-bond donors (Lipinski definition) is 3. The number of aromatic nitrogens is 3. The Kier molecular flexibility index (Phi) is 7.79. The third-order valence-corrected chi connectivity index (χ3v) is 7.11. The number of nitrogens with one attached hydrogen (secondary N) is 1. The normalized spacial score (nSPS) is 17.6. The van der Waals surface area contributed by atoms with Crippen molar-refractivity contribution in [2.75, 3.05) is 13.1 Å². The third kappa shape index (κ3) is 5.75. The largest absolute Gasteiger partial charge is 0.480 e. The second kappa shape index (κ2) is 10.9. The van der Waals surface area contributed by atoms with Crippen molar-refractivity contribution in [2.24, 2.45) is 13.0 Å². The standard InChI is InChI=1S/C27H35N5O5/c1-16-10-21(15-30(4)26(16)35)25-29-22-8-7-19(12-28-24(17(2)33)27(36)37)11-23(22)32(25)14-20-6-5-9-31(13-20)18(3)34/h7-8,10-11,15,17,20,24,28,33H,5-6,9,12-14H2,1-4H3,(H,36,37)/t17?,20-,24?/m1/s1. The zero-order valence-electron chi connectivity index (χ0n) is 21.8. The van der Waals surface area contributed by atoms with Crippen molar-refractivity contribution in [2.45, 2.75) is 58.8 Å². The molecular weight excluding hydrogens is 474 g/mol. The summed E-state index contributed by atoms with van der Waals surface area (Å²) in [5.74, 6) is -0.0451. The van der Waals surface area contributed by atoms with Crippen molar-refractivity contribution >= 4 is 22.9 Å². The van der Waals surface area contributed by atoms with E-state index in [2.05, 4.69) is 9.88 Å². The number of aryl methyl sites for hydroxylation is 2. The number of aliphatic hydroxyl groups is 1. The van der Waals surface area contributed by atoms with Gasteiger partial charge in [-0.3, -0.25) is 19.7 Å². The van der Waals surface area contributed by atoms with Gasteiger partial charge in [0.25, 0.3) is 5.56 Å². The van der Waals surface area contributed by atoms with Crippen LogP contribution in [0.15, 0.2) is 35.3 Å².